The SMILES string of the molecule is CCOC(=O)CNC(c1ccccn1)S(=O)(=O)c1ccc(C(CC2CCCC2)C(=O)Nc2nc3ccc(OC)nc3s2)cc1.Cl. The summed E-state index contributed by atoms with van der Waals surface area (Å²) in [6, 6.07) is 14.9. The fourth-order valence-corrected chi connectivity index (χ4v) is 7.83. The molecule has 2 N–H and O–H groups in total. The van der Waals surface area contributed by atoms with Crippen LogP contribution in [0.15, 0.2) is 65.7 Å². The standard InChI is InChI=1S/C31H35N5O6S2.ClH/c1-3-42-27(37)19-33-30(25-10-6-7-17-32-25)44(39,40)22-13-11-21(12-14-22)23(18-20-8-4-5-9-20)28(38)36-31-34-24-15-16-26(41-2)35-29(24)43-31;/h6-7,10-17,20,23,30,33H,3-5,8-9,18-19H2,1-2H3,(H,34,36,38);1H. The van der Waals surface area contributed by atoms with Crippen LogP contribution in [0.3, 0.4) is 0 Å². The van der Waals surface area contributed by atoms with Gasteiger partial charge in [-0.25, -0.2) is 18.4 Å². The van der Waals surface area contributed by atoms with Crippen LogP contribution >= 0.6 is 23.7 Å². The number of hydrogen-bond acceptors (Lipinski definition) is 11. The zero-order valence-electron chi connectivity index (χ0n) is 25.0. The van der Waals surface area contributed by atoms with Gasteiger partial charge in [-0.15, -0.1) is 12.4 Å². The van der Waals surface area contributed by atoms with E-state index in [0.717, 1.165) is 25.7 Å². The lowest BCUT2D eigenvalue weighted by Crippen LogP contribution is -2.34. The monoisotopic (exact) mass is 673 g/mol. The van der Waals surface area contributed by atoms with Gasteiger partial charge in [0.05, 0.1) is 36.8 Å². The van der Waals surface area contributed by atoms with Gasteiger partial charge in [-0.3, -0.25) is 19.9 Å². The fraction of sp³-hybridized carbons (Fsp3) is 0.387. The lowest BCUT2D eigenvalue weighted by molar-refractivity contribution is -0.142. The Morgan fingerprint density at radius 2 is 1.80 bits per heavy atom. The van der Waals surface area contributed by atoms with E-state index in [-0.39, 0.29) is 42.1 Å². The number of amides is 1. The molecular formula is C31H36ClN5O6S2. The van der Waals surface area contributed by atoms with E-state index in [1.54, 1.807) is 56.5 Å². The molecule has 1 amide bonds. The number of hydrogen-bond donors (Lipinski definition) is 2. The van der Waals surface area contributed by atoms with Crippen molar-refractivity contribution in [2.45, 2.75) is 55.2 Å². The van der Waals surface area contributed by atoms with Crippen LogP contribution in [-0.4, -0.2) is 55.5 Å². The van der Waals surface area contributed by atoms with Crippen LogP contribution in [0.4, 0.5) is 5.13 Å². The number of aromatic nitrogens is 3. The van der Waals surface area contributed by atoms with Crippen molar-refractivity contribution in [2.24, 2.45) is 5.92 Å². The number of carbonyl (C=O) groups excluding carboxylic acids is 2. The van der Waals surface area contributed by atoms with Gasteiger partial charge in [0.1, 0.15) is 10.3 Å². The van der Waals surface area contributed by atoms with Crippen molar-refractivity contribution in [1.82, 2.24) is 20.3 Å². The highest BCUT2D eigenvalue weighted by Gasteiger charge is 2.32. The van der Waals surface area contributed by atoms with E-state index >= 15 is 0 Å². The average molecular weight is 674 g/mol. The third-order valence-electron chi connectivity index (χ3n) is 7.64. The number of esters is 1. The van der Waals surface area contributed by atoms with Crippen molar-refractivity contribution in [3.8, 4) is 5.88 Å². The maximum Gasteiger partial charge on any atom is 0.319 e. The predicted molar refractivity (Wildman–Crippen MR) is 174 cm³/mol. The number of benzene rings is 1. The summed E-state index contributed by atoms with van der Waals surface area (Å²) in [5.74, 6) is -0.410. The van der Waals surface area contributed by atoms with Gasteiger partial charge in [-0.2, -0.15) is 0 Å². The number of carbonyl (C=O) groups is 2. The minimum atomic E-state index is -4.03. The second kappa shape index (κ2) is 15.6. The van der Waals surface area contributed by atoms with Gasteiger partial charge in [0, 0.05) is 12.3 Å². The Hall–Kier alpha value is -3.65. The highest BCUT2D eigenvalue weighted by atomic mass is 35.5. The first kappa shape index (κ1) is 34.2. The lowest BCUT2D eigenvalue weighted by Gasteiger charge is -2.21. The Morgan fingerprint density at radius 3 is 2.47 bits per heavy atom. The third kappa shape index (κ3) is 8.34. The Labute approximate surface area is 272 Å². The van der Waals surface area contributed by atoms with Gasteiger partial charge in [0.15, 0.2) is 20.3 Å². The minimum absolute atomic E-state index is 0. The molecule has 0 aliphatic heterocycles. The molecule has 240 valence electrons. The first-order valence-corrected chi connectivity index (χ1v) is 16.9. The predicted octanol–water partition coefficient (Wildman–Crippen LogP) is 5.44. The molecule has 1 saturated carbocycles. The van der Waals surface area contributed by atoms with Crippen molar-refractivity contribution in [2.75, 3.05) is 25.6 Å². The van der Waals surface area contributed by atoms with E-state index in [2.05, 4.69) is 25.6 Å². The Morgan fingerprint density at radius 1 is 1.04 bits per heavy atom. The van der Waals surface area contributed by atoms with Crippen LogP contribution in [0.1, 0.15) is 61.6 Å². The molecule has 2 unspecified atom stereocenters. The Balaban J connectivity index is 0.00000461. The van der Waals surface area contributed by atoms with Crippen LogP contribution in [0.2, 0.25) is 0 Å². The summed E-state index contributed by atoms with van der Waals surface area (Å²) in [6.45, 7) is 1.56. The molecule has 1 aromatic carbocycles. The van der Waals surface area contributed by atoms with Crippen molar-refractivity contribution in [1.29, 1.82) is 0 Å². The maximum atomic E-state index is 13.8. The normalized spacial score (nSPS) is 14.8. The van der Waals surface area contributed by atoms with Crippen molar-refractivity contribution in [3.05, 3.63) is 72.1 Å². The highest BCUT2D eigenvalue weighted by molar-refractivity contribution is 7.91. The maximum absolute atomic E-state index is 13.8. The molecule has 0 radical (unpaired) electrons. The first-order valence-electron chi connectivity index (χ1n) is 14.5. The molecule has 1 aliphatic rings. The number of ether oxygens (including phenoxy) is 2. The number of pyridine rings is 2. The zero-order valence-corrected chi connectivity index (χ0v) is 27.4. The van der Waals surface area contributed by atoms with Gasteiger partial charge in [-0.05, 0) is 55.2 Å². The number of rotatable bonds is 13. The number of thiazole rings is 1. The van der Waals surface area contributed by atoms with Gasteiger partial charge in [-0.1, -0.05) is 55.2 Å². The van der Waals surface area contributed by atoms with Crippen molar-refractivity contribution >= 4 is 60.9 Å². The lowest BCUT2D eigenvalue weighted by atomic mass is 9.87. The molecule has 0 spiro atoms. The van der Waals surface area contributed by atoms with E-state index in [1.807, 2.05) is 0 Å². The molecule has 0 saturated heterocycles. The molecule has 3 aromatic heterocycles. The molecular weight excluding hydrogens is 638 g/mol. The summed E-state index contributed by atoms with van der Waals surface area (Å²) in [5.41, 5.74) is 1.62. The summed E-state index contributed by atoms with van der Waals surface area (Å²) in [4.78, 5) is 39.6. The van der Waals surface area contributed by atoms with Gasteiger partial charge in [0.2, 0.25) is 11.8 Å². The van der Waals surface area contributed by atoms with Gasteiger partial charge in [0.25, 0.3) is 0 Å². The van der Waals surface area contributed by atoms with Crippen LogP contribution in [0.5, 0.6) is 5.88 Å². The molecule has 45 heavy (non-hydrogen) atoms. The van der Waals surface area contributed by atoms with Gasteiger partial charge >= 0.3 is 5.97 Å². The summed E-state index contributed by atoms with van der Waals surface area (Å²) in [5, 5.41) is 4.93. The van der Waals surface area contributed by atoms with E-state index in [0.29, 0.717) is 39.3 Å². The van der Waals surface area contributed by atoms with E-state index < -0.39 is 27.1 Å². The minimum Gasteiger partial charge on any atom is -0.481 e. The molecule has 1 fully saturated rings. The summed E-state index contributed by atoms with van der Waals surface area (Å²) in [6.07, 6.45) is 6.52. The molecule has 3 heterocycles. The van der Waals surface area contributed by atoms with E-state index in [4.69, 9.17) is 9.47 Å². The average Bonchev–Trinajstić information content (AvgIpc) is 3.69. The second-order valence-electron chi connectivity index (χ2n) is 10.6. The van der Waals surface area contributed by atoms with Crippen LogP contribution < -0.4 is 15.4 Å². The fourth-order valence-electron chi connectivity index (χ4n) is 5.45. The smallest absolute Gasteiger partial charge is 0.319 e. The number of methoxy groups -OCH3 is 1. The highest BCUT2D eigenvalue weighted by Crippen LogP contribution is 2.36. The first-order chi connectivity index (χ1) is 21.3. The molecule has 4 aromatic rings. The molecule has 2 atom stereocenters. The molecule has 11 nitrogen and oxygen atoms in total. The largest absolute Gasteiger partial charge is 0.481 e. The van der Waals surface area contributed by atoms with Crippen LogP contribution in [0, 0.1) is 5.92 Å². The number of fused-ring (bicyclic) bond motifs is 1. The molecule has 0 bridgehead atoms. The Kier molecular flexibility index (Phi) is 11.8. The second-order valence-corrected chi connectivity index (χ2v) is 13.6. The summed E-state index contributed by atoms with van der Waals surface area (Å²) in [7, 11) is -2.48. The van der Waals surface area contributed by atoms with Crippen LogP contribution in [-0.2, 0) is 24.2 Å². The molecule has 1 aliphatic carbocycles. The van der Waals surface area contributed by atoms with E-state index in [1.165, 1.54) is 29.7 Å². The molecule has 5 rings (SSSR count). The number of sulfone groups is 1. The summed E-state index contributed by atoms with van der Waals surface area (Å²) < 4.78 is 37.8. The van der Waals surface area contributed by atoms with E-state index in [9.17, 15) is 18.0 Å². The quantitative estimate of drug-likeness (QED) is 0.176. The molecule has 14 heteroatoms. The number of anilines is 1. The number of nitrogens with zero attached hydrogens (tertiary/aromatic N) is 3. The summed E-state index contributed by atoms with van der Waals surface area (Å²) >= 11 is 1.27. The Bertz CT molecular complexity index is 1700. The number of halogens is 1. The topological polar surface area (TPSA) is 149 Å². The van der Waals surface area contributed by atoms with Crippen molar-refractivity contribution in [3.63, 3.8) is 0 Å². The third-order valence-corrected chi connectivity index (χ3v) is 10.5. The zero-order chi connectivity index (χ0) is 31.1. The van der Waals surface area contributed by atoms with Crippen molar-refractivity contribution < 1.29 is 27.5 Å². The van der Waals surface area contributed by atoms with Gasteiger partial charge < -0.3 is 14.8 Å². The van der Waals surface area contributed by atoms with Crippen LogP contribution in [0.25, 0.3) is 10.3 Å². The number of nitrogens with one attached hydrogen (secondary N) is 2.